The zero-order chi connectivity index (χ0) is 15.4. The maximum atomic E-state index is 9.17. The molecule has 0 fully saturated rings. The van der Waals surface area contributed by atoms with Crippen molar-refractivity contribution < 1.29 is 19.3 Å². The van der Waals surface area contributed by atoms with E-state index in [9.17, 15) is 0 Å². The molecule has 2 aromatic rings. The number of nitrogens with zero attached hydrogens (tertiary/aromatic N) is 1. The molecule has 21 heavy (non-hydrogen) atoms. The molecular formula is C15H20N2O4. The molecule has 0 bridgehead atoms. The van der Waals surface area contributed by atoms with Gasteiger partial charge in [0.25, 0.3) is 0 Å². The van der Waals surface area contributed by atoms with Crippen molar-refractivity contribution in [3.8, 4) is 22.9 Å². The van der Waals surface area contributed by atoms with Crippen molar-refractivity contribution in [2.45, 2.75) is 19.6 Å². The third-order valence-electron chi connectivity index (χ3n) is 3.40. The number of H-pyrrole nitrogens is 1. The Morgan fingerprint density at radius 2 is 2.00 bits per heavy atom. The van der Waals surface area contributed by atoms with Gasteiger partial charge in [-0.2, -0.15) is 0 Å². The zero-order valence-corrected chi connectivity index (χ0v) is 12.6. The normalized spacial score (nSPS) is 12.2. The van der Waals surface area contributed by atoms with E-state index < -0.39 is 0 Å². The molecule has 0 radical (unpaired) electrons. The van der Waals surface area contributed by atoms with Crippen molar-refractivity contribution in [2.24, 2.45) is 0 Å². The van der Waals surface area contributed by atoms with Crippen LogP contribution in [0.5, 0.6) is 11.5 Å². The van der Waals surface area contributed by atoms with Crippen LogP contribution in [0.1, 0.15) is 24.3 Å². The fourth-order valence-corrected chi connectivity index (χ4v) is 2.21. The molecule has 0 amide bonds. The quantitative estimate of drug-likeness (QED) is 0.854. The van der Waals surface area contributed by atoms with E-state index in [-0.39, 0.29) is 12.7 Å². The molecule has 0 saturated heterocycles. The molecule has 0 spiro atoms. The Morgan fingerprint density at radius 3 is 2.52 bits per heavy atom. The van der Waals surface area contributed by atoms with Gasteiger partial charge in [-0.05, 0) is 19.1 Å². The number of hydrogen-bond donors (Lipinski definition) is 2. The molecule has 1 aromatic heterocycles. The van der Waals surface area contributed by atoms with Crippen LogP contribution in [0.3, 0.4) is 0 Å². The monoisotopic (exact) mass is 292 g/mol. The Labute approximate surface area is 123 Å². The second-order valence-corrected chi connectivity index (χ2v) is 4.54. The standard InChI is InChI=1S/C15H20N2O4/c1-9(19-2)11-5-6-12(20-3)13(14(11)21-4)15-16-7-10(8-18)17-15/h5-7,9,18H,8H2,1-4H3,(H,16,17)/t9-/m1/s1. The average Bonchev–Trinajstić information content (AvgIpc) is 3.01. The molecule has 0 aliphatic carbocycles. The van der Waals surface area contributed by atoms with Crippen LogP contribution in [-0.2, 0) is 11.3 Å². The maximum absolute atomic E-state index is 9.17. The van der Waals surface area contributed by atoms with Crippen molar-refractivity contribution in [3.05, 3.63) is 29.6 Å². The summed E-state index contributed by atoms with van der Waals surface area (Å²) in [5, 5.41) is 9.17. The number of aliphatic hydroxyl groups is 1. The molecule has 0 saturated carbocycles. The molecule has 6 nitrogen and oxygen atoms in total. The van der Waals surface area contributed by atoms with Gasteiger partial charge in [0.05, 0.1) is 32.6 Å². The minimum Gasteiger partial charge on any atom is -0.496 e. The van der Waals surface area contributed by atoms with Crippen LogP contribution in [0.25, 0.3) is 11.4 Å². The summed E-state index contributed by atoms with van der Waals surface area (Å²) in [4.78, 5) is 7.37. The van der Waals surface area contributed by atoms with Crippen LogP contribution >= 0.6 is 0 Å². The summed E-state index contributed by atoms with van der Waals surface area (Å²) < 4.78 is 16.3. The molecule has 6 heteroatoms. The number of imidazole rings is 1. The fraction of sp³-hybridized carbons (Fsp3) is 0.400. The van der Waals surface area contributed by atoms with E-state index in [1.54, 1.807) is 27.5 Å². The lowest BCUT2D eigenvalue weighted by Gasteiger charge is -2.19. The highest BCUT2D eigenvalue weighted by molar-refractivity contribution is 5.74. The summed E-state index contributed by atoms with van der Waals surface area (Å²) in [6, 6.07) is 3.76. The Hall–Kier alpha value is -2.05. The smallest absolute Gasteiger partial charge is 0.145 e. The van der Waals surface area contributed by atoms with Gasteiger partial charge in [-0.15, -0.1) is 0 Å². The molecule has 0 unspecified atom stereocenters. The number of methoxy groups -OCH3 is 3. The minimum absolute atomic E-state index is 0.128. The first-order chi connectivity index (χ1) is 10.2. The topological polar surface area (TPSA) is 76.6 Å². The minimum atomic E-state index is -0.130. The van der Waals surface area contributed by atoms with Gasteiger partial charge >= 0.3 is 0 Å². The van der Waals surface area contributed by atoms with Gasteiger partial charge in [0.2, 0.25) is 0 Å². The van der Waals surface area contributed by atoms with Crippen molar-refractivity contribution in [1.82, 2.24) is 9.97 Å². The average molecular weight is 292 g/mol. The van der Waals surface area contributed by atoms with E-state index in [0.717, 1.165) is 5.56 Å². The van der Waals surface area contributed by atoms with Crippen molar-refractivity contribution >= 4 is 0 Å². The van der Waals surface area contributed by atoms with Crippen LogP contribution in [0.15, 0.2) is 18.3 Å². The van der Waals surface area contributed by atoms with E-state index in [1.165, 1.54) is 0 Å². The van der Waals surface area contributed by atoms with Crippen molar-refractivity contribution in [2.75, 3.05) is 21.3 Å². The van der Waals surface area contributed by atoms with E-state index in [1.807, 2.05) is 19.1 Å². The van der Waals surface area contributed by atoms with Crippen molar-refractivity contribution in [3.63, 3.8) is 0 Å². The third kappa shape index (κ3) is 2.86. The molecule has 2 rings (SSSR count). The third-order valence-corrected chi connectivity index (χ3v) is 3.40. The number of benzene rings is 1. The molecule has 114 valence electrons. The number of aliphatic hydroxyl groups excluding tert-OH is 1. The Kier molecular flexibility index (Phi) is 4.82. The fourth-order valence-electron chi connectivity index (χ4n) is 2.21. The number of ether oxygens (including phenoxy) is 3. The Morgan fingerprint density at radius 1 is 1.24 bits per heavy atom. The highest BCUT2D eigenvalue weighted by Gasteiger charge is 2.22. The first kappa shape index (κ1) is 15.3. The summed E-state index contributed by atoms with van der Waals surface area (Å²) in [7, 11) is 4.83. The van der Waals surface area contributed by atoms with Gasteiger partial charge in [0, 0.05) is 18.9 Å². The van der Waals surface area contributed by atoms with E-state index in [2.05, 4.69) is 9.97 Å². The Bertz CT molecular complexity index is 610. The largest absolute Gasteiger partial charge is 0.496 e. The summed E-state index contributed by atoms with van der Waals surface area (Å²) in [6.45, 7) is 1.81. The van der Waals surface area contributed by atoms with E-state index in [0.29, 0.717) is 28.6 Å². The van der Waals surface area contributed by atoms with E-state index >= 15 is 0 Å². The van der Waals surface area contributed by atoms with Gasteiger partial charge in [-0.3, -0.25) is 0 Å². The predicted octanol–water partition coefficient (Wildman–Crippen LogP) is 2.29. The molecule has 1 atom stereocenters. The van der Waals surface area contributed by atoms with Crippen LogP contribution in [-0.4, -0.2) is 36.4 Å². The molecule has 0 aliphatic rings. The zero-order valence-electron chi connectivity index (χ0n) is 12.6. The second-order valence-electron chi connectivity index (χ2n) is 4.54. The first-order valence-corrected chi connectivity index (χ1v) is 6.59. The van der Waals surface area contributed by atoms with Gasteiger partial charge in [-0.1, -0.05) is 0 Å². The maximum Gasteiger partial charge on any atom is 0.145 e. The predicted molar refractivity (Wildman–Crippen MR) is 78.5 cm³/mol. The number of aromatic amines is 1. The van der Waals surface area contributed by atoms with E-state index in [4.69, 9.17) is 19.3 Å². The van der Waals surface area contributed by atoms with Gasteiger partial charge in [0.1, 0.15) is 22.9 Å². The molecule has 1 aromatic carbocycles. The first-order valence-electron chi connectivity index (χ1n) is 6.59. The SMILES string of the molecule is COc1ccc([C@@H](C)OC)c(OC)c1-c1nc(CO)c[nH]1. The van der Waals surface area contributed by atoms with Crippen LogP contribution in [0.4, 0.5) is 0 Å². The lowest BCUT2D eigenvalue weighted by molar-refractivity contribution is 0.117. The lowest BCUT2D eigenvalue weighted by atomic mass is 10.0. The number of nitrogens with one attached hydrogen (secondary N) is 1. The highest BCUT2D eigenvalue weighted by atomic mass is 16.5. The summed E-state index contributed by atoms with van der Waals surface area (Å²) in [5.74, 6) is 1.86. The summed E-state index contributed by atoms with van der Waals surface area (Å²) >= 11 is 0. The van der Waals surface area contributed by atoms with Crippen LogP contribution < -0.4 is 9.47 Å². The number of aromatic nitrogens is 2. The van der Waals surface area contributed by atoms with Gasteiger partial charge < -0.3 is 24.3 Å². The van der Waals surface area contributed by atoms with Crippen molar-refractivity contribution in [1.29, 1.82) is 0 Å². The second kappa shape index (κ2) is 6.60. The van der Waals surface area contributed by atoms with Gasteiger partial charge in [0.15, 0.2) is 0 Å². The number of rotatable bonds is 6. The van der Waals surface area contributed by atoms with Crippen LogP contribution in [0.2, 0.25) is 0 Å². The van der Waals surface area contributed by atoms with Crippen LogP contribution in [0, 0.1) is 0 Å². The molecule has 2 N–H and O–H groups in total. The molecule has 1 heterocycles. The highest BCUT2D eigenvalue weighted by Crippen LogP contribution is 2.42. The Balaban J connectivity index is 2.65. The van der Waals surface area contributed by atoms with Gasteiger partial charge in [-0.25, -0.2) is 4.98 Å². The summed E-state index contributed by atoms with van der Waals surface area (Å²) in [5.41, 5.74) is 2.16. The molecule has 0 aliphatic heterocycles. The summed E-state index contributed by atoms with van der Waals surface area (Å²) in [6.07, 6.45) is 1.53. The number of hydrogen-bond acceptors (Lipinski definition) is 5. The molecular weight excluding hydrogens is 272 g/mol. The lowest BCUT2D eigenvalue weighted by Crippen LogP contribution is -2.03.